The number of carbonyl (C=O) groups excluding carboxylic acids is 1. The summed E-state index contributed by atoms with van der Waals surface area (Å²) in [5.74, 6) is 1.06. The molecular formula is C25H25N5OS. The van der Waals surface area contributed by atoms with Crippen LogP contribution in [0.3, 0.4) is 0 Å². The lowest BCUT2D eigenvalue weighted by molar-refractivity contribution is -0.129. The molecule has 6 nitrogen and oxygen atoms in total. The van der Waals surface area contributed by atoms with E-state index >= 15 is 0 Å². The van der Waals surface area contributed by atoms with Gasteiger partial charge in [0.05, 0.1) is 0 Å². The highest BCUT2D eigenvalue weighted by Gasteiger charge is 2.35. The third-order valence-corrected chi connectivity index (χ3v) is 7.57. The van der Waals surface area contributed by atoms with E-state index in [4.69, 9.17) is 0 Å². The second kappa shape index (κ2) is 8.13. The second-order valence-corrected chi connectivity index (χ2v) is 9.67. The van der Waals surface area contributed by atoms with Gasteiger partial charge in [-0.3, -0.25) is 9.36 Å². The maximum Gasteiger partial charge on any atom is 0.240 e. The topological polar surface area (TPSA) is 66.8 Å². The van der Waals surface area contributed by atoms with E-state index in [1.165, 1.54) is 0 Å². The van der Waals surface area contributed by atoms with Gasteiger partial charge in [-0.25, -0.2) is 0 Å². The number of carbonyl (C=O) groups is 1. The summed E-state index contributed by atoms with van der Waals surface area (Å²) in [6, 6.07) is 18.8. The van der Waals surface area contributed by atoms with Crippen molar-refractivity contribution >= 4 is 28.6 Å². The van der Waals surface area contributed by atoms with E-state index in [9.17, 15) is 4.79 Å². The molecule has 162 valence electrons. The standard InChI is InChI=1S/C25H25N5OS/c31-24(29-14-6-7-15-29)22(17-8-2-1-3-9-17)32-25-28-27-23(30(25)18-12-13-18)20-16-26-21-11-5-4-10-19(20)21/h1-5,8-11,16,18,22,26H,6-7,12-15H2. The van der Waals surface area contributed by atoms with E-state index in [0.29, 0.717) is 6.04 Å². The lowest BCUT2D eigenvalue weighted by Crippen LogP contribution is -2.31. The lowest BCUT2D eigenvalue weighted by atomic mass is 10.1. The predicted molar refractivity (Wildman–Crippen MR) is 126 cm³/mol. The molecule has 3 heterocycles. The number of H-pyrrole nitrogens is 1. The molecule has 1 saturated heterocycles. The number of thioether (sulfide) groups is 1. The number of likely N-dealkylation sites (tertiary alicyclic amines) is 1. The van der Waals surface area contributed by atoms with E-state index in [1.807, 2.05) is 53.6 Å². The van der Waals surface area contributed by atoms with Crippen LogP contribution in [-0.2, 0) is 4.79 Å². The molecule has 1 aliphatic heterocycles. The van der Waals surface area contributed by atoms with Crippen LogP contribution < -0.4 is 0 Å². The van der Waals surface area contributed by atoms with E-state index in [2.05, 4.69) is 31.9 Å². The average Bonchev–Trinajstić information content (AvgIpc) is 3.22. The van der Waals surface area contributed by atoms with Gasteiger partial charge in [-0.05, 0) is 37.3 Å². The van der Waals surface area contributed by atoms with Crippen LogP contribution in [0.4, 0.5) is 0 Å². The Morgan fingerprint density at radius 2 is 1.75 bits per heavy atom. The summed E-state index contributed by atoms with van der Waals surface area (Å²) in [7, 11) is 0. The number of aromatic nitrogens is 4. The summed E-state index contributed by atoms with van der Waals surface area (Å²) < 4.78 is 2.26. The second-order valence-electron chi connectivity index (χ2n) is 8.60. The van der Waals surface area contributed by atoms with Crippen molar-refractivity contribution in [3.05, 3.63) is 66.4 Å². The summed E-state index contributed by atoms with van der Waals surface area (Å²) in [4.78, 5) is 18.9. The number of hydrogen-bond donors (Lipinski definition) is 1. The molecule has 0 bridgehead atoms. The molecule has 1 saturated carbocycles. The van der Waals surface area contributed by atoms with Gasteiger partial charge in [-0.1, -0.05) is 60.3 Å². The van der Waals surface area contributed by atoms with Crippen LogP contribution >= 0.6 is 11.8 Å². The molecule has 1 unspecified atom stereocenters. The predicted octanol–water partition coefficient (Wildman–Crippen LogP) is 5.22. The first-order valence-electron chi connectivity index (χ1n) is 11.3. The lowest BCUT2D eigenvalue weighted by Gasteiger charge is -2.23. The number of nitrogens with zero attached hydrogens (tertiary/aromatic N) is 4. The Bertz CT molecular complexity index is 1250. The number of benzene rings is 2. The minimum Gasteiger partial charge on any atom is -0.360 e. The Balaban J connectivity index is 1.40. The molecule has 0 radical (unpaired) electrons. The van der Waals surface area contributed by atoms with Crippen LogP contribution in [0.25, 0.3) is 22.3 Å². The zero-order valence-corrected chi connectivity index (χ0v) is 18.6. The van der Waals surface area contributed by atoms with Crippen LogP contribution in [0.2, 0.25) is 0 Å². The van der Waals surface area contributed by atoms with E-state index in [0.717, 1.165) is 71.8 Å². The molecule has 6 rings (SSSR count). The first kappa shape index (κ1) is 19.6. The Labute approximate surface area is 191 Å². The largest absolute Gasteiger partial charge is 0.360 e. The Hall–Kier alpha value is -3.06. The van der Waals surface area contributed by atoms with Crippen molar-refractivity contribution in [3.63, 3.8) is 0 Å². The molecule has 1 amide bonds. The molecule has 1 atom stereocenters. The number of hydrogen-bond acceptors (Lipinski definition) is 4. The number of amides is 1. The maximum absolute atomic E-state index is 13.5. The highest BCUT2D eigenvalue weighted by molar-refractivity contribution is 8.00. The van der Waals surface area contributed by atoms with Gasteiger partial charge < -0.3 is 9.88 Å². The fraction of sp³-hybridized carbons (Fsp3) is 0.320. The quantitative estimate of drug-likeness (QED) is 0.415. The van der Waals surface area contributed by atoms with Crippen molar-refractivity contribution < 1.29 is 4.79 Å². The highest BCUT2D eigenvalue weighted by Crippen LogP contribution is 2.45. The normalized spacial score (nSPS) is 17.2. The van der Waals surface area contributed by atoms with Crippen LogP contribution in [0.5, 0.6) is 0 Å². The fourth-order valence-electron chi connectivity index (χ4n) is 4.56. The number of fused-ring (bicyclic) bond motifs is 1. The van der Waals surface area contributed by atoms with Gasteiger partial charge in [0.1, 0.15) is 5.25 Å². The van der Waals surface area contributed by atoms with Crippen LogP contribution in [0, 0.1) is 0 Å². The molecular weight excluding hydrogens is 418 g/mol. The minimum atomic E-state index is -0.313. The van der Waals surface area contributed by atoms with Gasteiger partial charge in [-0.2, -0.15) is 0 Å². The highest BCUT2D eigenvalue weighted by atomic mass is 32.2. The number of aromatic amines is 1. The molecule has 4 aromatic rings. The van der Waals surface area contributed by atoms with Gasteiger partial charge in [-0.15, -0.1) is 10.2 Å². The van der Waals surface area contributed by atoms with Crippen molar-refractivity contribution in [1.29, 1.82) is 0 Å². The molecule has 1 N–H and O–H groups in total. The van der Waals surface area contributed by atoms with Crippen LogP contribution in [0.15, 0.2) is 66.0 Å². The molecule has 32 heavy (non-hydrogen) atoms. The number of rotatable bonds is 6. The van der Waals surface area contributed by atoms with Crippen molar-refractivity contribution in [1.82, 2.24) is 24.6 Å². The smallest absolute Gasteiger partial charge is 0.240 e. The van der Waals surface area contributed by atoms with Crippen molar-refractivity contribution in [2.75, 3.05) is 13.1 Å². The summed E-state index contributed by atoms with van der Waals surface area (Å²) in [6.07, 6.45) is 6.43. The van der Waals surface area contributed by atoms with Gasteiger partial charge in [0.25, 0.3) is 0 Å². The molecule has 0 spiro atoms. The fourth-order valence-corrected chi connectivity index (χ4v) is 5.75. The number of para-hydroxylation sites is 1. The number of nitrogens with one attached hydrogen (secondary N) is 1. The molecule has 7 heteroatoms. The third kappa shape index (κ3) is 3.50. The Morgan fingerprint density at radius 3 is 2.53 bits per heavy atom. The molecule has 2 aliphatic rings. The third-order valence-electron chi connectivity index (χ3n) is 6.37. The summed E-state index contributed by atoms with van der Waals surface area (Å²) >= 11 is 1.54. The monoisotopic (exact) mass is 443 g/mol. The first-order chi connectivity index (χ1) is 15.8. The Kier molecular flexibility index (Phi) is 4.98. The SMILES string of the molecule is O=C(C(Sc1nnc(-c2c[nH]c3ccccc23)n1C1CC1)c1ccccc1)N1CCCC1. The average molecular weight is 444 g/mol. The minimum absolute atomic E-state index is 0.178. The van der Waals surface area contributed by atoms with Gasteiger partial charge in [0, 0.05) is 41.8 Å². The van der Waals surface area contributed by atoms with E-state index in [-0.39, 0.29) is 11.2 Å². The summed E-state index contributed by atoms with van der Waals surface area (Å²) in [6.45, 7) is 1.69. The summed E-state index contributed by atoms with van der Waals surface area (Å²) in [5.41, 5.74) is 3.18. The molecule has 2 fully saturated rings. The zero-order valence-electron chi connectivity index (χ0n) is 17.8. The van der Waals surface area contributed by atoms with E-state index < -0.39 is 0 Å². The zero-order chi connectivity index (χ0) is 21.5. The van der Waals surface area contributed by atoms with E-state index in [1.54, 1.807) is 11.8 Å². The maximum atomic E-state index is 13.5. The Morgan fingerprint density at radius 1 is 1.00 bits per heavy atom. The van der Waals surface area contributed by atoms with Crippen molar-refractivity contribution in [3.8, 4) is 11.4 Å². The summed E-state index contributed by atoms with van der Waals surface area (Å²) in [5, 5.41) is 10.9. The molecule has 2 aromatic heterocycles. The van der Waals surface area contributed by atoms with Crippen LogP contribution in [0.1, 0.15) is 42.5 Å². The van der Waals surface area contributed by atoms with Crippen molar-refractivity contribution in [2.24, 2.45) is 0 Å². The van der Waals surface area contributed by atoms with Gasteiger partial charge in [0.15, 0.2) is 11.0 Å². The molecule has 1 aliphatic carbocycles. The van der Waals surface area contributed by atoms with Crippen molar-refractivity contribution in [2.45, 2.75) is 42.1 Å². The van der Waals surface area contributed by atoms with Crippen LogP contribution in [-0.4, -0.2) is 43.6 Å². The molecule has 2 aromatic carbocycles. The first-order valence-corrected chi connectivity index (χ1v) is 12.2. The van der Waals surface area contributed by atoms with Gasteiger partial charge >= 0.3 is 0 Å². The van der Waals surface area contributed by atoms with Gasteiger partial charge in [0.2, 0.25) is 5.91 Å².